The molecule has 0 amide bonds. The largest absolute Gasteiger partial charge is 0.462 e. The number of carbonyl (C=O) groups is 1. The second kappa shape index (κ2) is 6.29. The molecule has 106 valence electrons. The van der Waals surface area contributed by atoms with Gasteiger partial charge < -0.3 is 9.84 Å². The Morgan fingerprint density at radius 1 is 1.40 bits per heavy atom. The van der Waals surface area contributed by atoms with E-state index >= 15 is 0 Å². The summed E-state index contributed by atoms with van der Waals surface area (Å²) in [4.78, 5) is 15.7. The van der Waals surface area contributed by atoms with Crippen molar-refractivity contribution in [2.24, 2.45) is 0 Å². The van der Waals surface area contributed by atoms with Gasteiger partial charge in [-0.15, -0.1) is 0 Å². The molecule has 1 unspecified atom stereocenters. The monoisotopic (exact) mass is 275 g/mol. The Labute approximate surface area is 117 Å². The van der Waals surface area contributed by atoms with E-state index < -0.39 is 12.1 Å². The molecule has 2 rings (SSSR count). The quantitative estimate of drug-likeness (QED) is 0.843. The molecule has 2 heterocycles. The van der Waals surface area contributed by atoms with E-state index in [9.17, 15) is 9.90 Å². The van der Waals surface area contributed by atoms with Gasteiger partial charge in [0.05, 0.1) is 42.0 Å². The van der Waals surface area contributed by atoms with Crippen LogP contribution in [-0.2, 0) is 4.74 Å². The van der Waals surface area contributed by atoms with Crippen LogP contribution in [0.25, 0.3) is 5.69 Å². The minimum absolute atomic E-state index is 0.329. The standard InChI is InChI=1S/C14H17N3O3/c1-3-13(18)12-6-5-11(8-15-12)17-9-10(7-16-17)14(19)20-4-2/h5-9,13,18H,3-4H2,1-2H3. The Kier molecular flexibility index (Phi) is 4.47. The Hall–Kier alpha value is -2.21. The van der Waals surface area contributed by atoms with Crippen LogP contribution in [0.1, 0.15) is 42.4 Å². The number of pyridine rings is 1. The zero-order valence-corrected chi connectivity index (χ0v) is 11.5. The van der Waals surface area contributed by atoms with Crippen LogP contribution in [0.4, 0.5) is 0 Å². The minimum atomic E-state index is -0.559. The average Bonchev–Trinajstić information content (AvgIpc) is 2.97. The molecule has 0 saturated carbocycles. The third kappa shape index (κ3) is 3.03. The molecule has 1 N–H and O–H groups in total. The van der Waals surface area contributed by atoms with Gasteiger partial charge in [-0.25, -0.2) is 9.48 Å². The van der Waals surface area contributed by atoms with Gasteiger partial charge in [-0.1, -0.05) is 6.92 Å². The zero-order valence-electron chi connectivity index (χ0n) is 11.5. The number of nitrogens with zero attached hydrogens (tertiary/aromatic N) is 3. The molecule has 0 aromatic carbocycles. The highest BCUT2D eigenvalue weighted by atomic mass is 16.5. The van der Waals surface area contributed by atoms with E-state index in [0.29, 0.717) is 30.0 Å². The van der Waals surface area contributed by atoms with Gasteiger partial charge in [0.15, 0.2) is 0 Å². The van der Waals surface area contributed by atoms with Gasteiger partial charge in [0.25, 0.3) is 0 Å². The minimum Gasteiger partial charge on any atom is -0.462 e. The maximum Gasteiger partial charge on any atom is 0.341 e. The summed E-state index contributed by atoms with van der Waals surface area (Å²) in [5.74, 6) is -0.398. The summed E-state index contributed by atoms with van der Waals surface area (Å²) in [6.45, 7) is 3.97. The normalized spacial score (nSPS) is 12.2. The first-order valence-electron chi connectivity index (χ1n) is 6.51. The lowest BCUT2D eigenvalue weighted by Gasteiger charge is -2.07. The maximum atomic E-state index is 11.5. The lowest BCUT2D eigenvalue weighted by molar-refractivity contribution is 0.0526. The number of carbonyl (C=O) groups excluding carboxylic acids is 1. The highest BCUT2D eigenvalue weighted by Gasteiger charge is 2.11. The van der Waals surface area contributed by atoms with Crippen molar-refractivity contribution < 1.29 is 14.6 Å². The Morgan fingerprint density at radius 2 is 2.20 bits per heavy atom. The van der Waals surface area contributed by atoms with Gasteiger partial charge in [0.1, 0.15) is 0 Å². The number of hydrogen-bond acceptors (Lipinski definition) is 5. The highest BCUT2D eigenvalue weighted by molar-refractivity contribution is 5.88. The molecule has 0 spiro atoms. The van der Waals surface area contributed by atoms with Crippen molar-refractivity contribution in [3.8, 4) is 5.69 Å². The fourth-order valence-corrected chi connectivity index (χ4v) is 1.72. The first-order chi connectivity index (χ1) is 9.65. The van der Waals surface area contributed by atoms with Crippen molar-refractivity contribution >= 4 is 5.97 Å². The summed E-state index contributed by atoms with van der Waals surface area (Å²) < 4.78 is 6.44. The third-order valence-electron chi connectivity index (χ3n) is 2.86. The Morgan fingerprint density at radius 3 is 2.80 bits per heavy atom. The van der Waals surface area contributed by atoms with E-state index in [0.717, 1.165) is 0 Å². The highest BCUT2D eigenvalue weighted by Crippen LogP contribution is 2.15. The fourth-order valence-electron chi connectivity index (χ4n) is 1.72. The molecular formula is C14H17N3O3. The van der Waals surface area contributed by atoms with E-state index in [4.69, 9.17) is 4.74 Å². The molecule has 1 atom stereocenters. The molecule has 2 aromatic rings. The average molecular weight is 275 g/mol. The molecule has 2 aromatic heterocycles. The van der Waals surface area contributed by atoms with Crippen molar-refractivity contribution in [2.45, 2.75) is 26.4 Å². The molecule has 0 fully saturated rings. The number of ether oxygens (including phenoxy) is 1. The van der Waals surface area contributed by atoms with Gasteiger partial charge >= 0.3 is 5.97 Å². The van der Waals surface area contributed by atoms with E-state index in [-0.39, 0.29) is 0 Å². The summed E-state index contributed by atoms with van der Waals surface area (Å²) in [5.41, 5.74) is 1.73. The molecule has 0 radical (unpaired) electrons. The van der Waals surface area contributed by atoms with Crippen molar-refractivity contribution in [2.75, 3.05) is 6.61 Å². The van der Waals surface area contributed by atoms with Gasteiger partial charge in [-0.05, 0) is 25.5 Å². The van der Waals surface area contributed by atoms with E-state index in [1.54, 1.807) is 36.1 Å². The molecule has 0 saturated heterocycles. The molecule has 6 nitrogen and oxygen atoms in total. The predicted octanol–water partition coefficient (Wildman–Crippen LogP) is 1.89. The smallest absolute Gasteiger partial charge is 0.341 e. The molecule has 0 bridgehead atoms. The van der Waals surface area contributed by atoms with Crippen molar-refractivity contribution in [1.82, 2.24) is 14.8 Å². The molecule has 0 aliphatic carbocycles. The summed E-state index contributed by atoms with van der Waals surface area (Å²) in [7, 11) is 0. The third-order valence-corrected chi connectivity index (χ3v) is 2.86. The molecule has 0 aliphatic heterocycles. The van der Waals surface area contributed by atoms with Crippen LogP contribution in [0.5, 0.6) is 0 Å². The number of aliphatic hydroxyl groups excluding tert-OH is 1. The van der Waals surface area contributed by atoms with Gasteiger partial charge in [-0.2, -0.15) is 5.10 Å². The lowest BCUT2D eigenvalue weighted by atomic mass is 10.2. The lowest BCUT2D eigenvalue weighted by Crippen LogP contribution is -2.03. The van der Waals surface area contributed by atoms with Crippen LogP contribution in [0.15, 0.2) is 30.7 Å². The number of esters is 1. The van der Waals surface area contributed by atoms with Crippen LogP contribution in [-0.4, -0.2) is 32.4 Å². The van der Waals surface area contributed by atoms with Gasteiger partial charge in [-0.3, -0.25) is 4.98 Å². The van der Waals surface area contributed by atoms with Crippen LogP contribution >= 0.6 is 0 Å². The van der Waals surface area contributed by atoms with E-state index in [1.165, 1.54) is 6.20 Å². The summed E-state index contributed by atoms with van der Waals surface area (Å²) in [5, 5.41) is 13.8. The number of aromatic nitrogens is 3. The number of hydrogen-bond donors (Lipinski definition) is 1. The topological polar surface area (TPSA) is 77.2 Å². The zero-order chi connectivity index (χ0) is 14.5. The summed E-state index contributed by atoms with van der Waals surface area (Å²) >= 11 is 0. The van der Waals surface area contributed by atoms with Crippen molar-refractivity contribution in [3.05, 3.63) is 42.0 Å². The number of rotatable bonds is 5. The van der Waals surface area contributed by atoms with Gasteiger partial charge in [0, 0.05) is 6.20 Å². The van der Waals surface area contributed by atoms with Crippen LogP contribution in [0.3, 0.4) is 0 Å². The van der Waals surface area contributed by atoms with Crippen LogP contribution in [0, 0.1) is 0 Å². The summed E-state index contributed by atoms with van der Waals surface area (Å²) in [6, 6.07) is 3.54. The van der Waals surface area contributed by atoms with Gasteiger partial charge in [0.2, 0.25) is 0 Å². The molecule has 6 heteroatoms. The molecular weight excluding hydrogens is 258 g/mol. The van der Waals surface area contributed by atoms with E-state index in [2.05, 4.69) is 10.1 Å². The number of aliphatic hydroxyl groups is 1. The second-order valence-electron chi connectivity index (χ2n) is 4.26. The Bertz CT molecular complexity index is 578. The first kappa shape index (κ1) is 14.2. The SMILES string of the molecule is CCOC(=O)c1cnn(-c2ccc(C(O)CC)nc2)c1. The van der Waals surface area contributed by atoms with Crippen LogP contribution in [0.2, 0.25) is 0 Å². The fraction of sp³-hybridized carbons (Fsp3) is 0.357. The second-order valence-corrected chi connectivity index (χ2v) is 4.26. The summed E-state index contributed by atoms with van der Waals surface area (Å²) in [6.07, 6.45) is 4.70. The first-order valence-corrected chi connectivity index (χ1v) is 6.51. The predicted molar refractivity (Wildman–Crippen MR) is 72.6 cm³/mol. The van der Waals surface area contributed by atoms with Crippen molar-refractivity contribution in [3.63, 3.8) is 0 Å². The molecule has 20 heavy (non-hydrogen) atoms. The molecule has 0 aliphatic rings. The Balaban J connectivity index is 2.18. The van der Waals surface area contributed by atoms with Crippen molar-refractivity contribution in [1.29, 1.82) is 0 Å². The van der Waals surface area contributed by atoms with Crippen LogP contribution < -0.4 is 0 Å². The van der Waals surface area contributed by atoms with E-state index in [1.807, 2.05) is 6.92 Å². The maximum absolute atomic E-state index is 11.5.